The van der Waals surface area contributed by atoms with E-state index in [4.69, 9.17) is 5.11 Å². The Morgan fingerprint density at radius 3 is 2.78 bits per heavy atom. The lowest BCUT2D eigenvalue weighted by molar-refractivity contribution is -0.120. The number of amides is 1. The topological polar surface area (TPSA) is 49.3 Å². The van der Waals surface area contributed by atoms with Gasteiger partial charge in [-0.05, 0) is 6.42 Å². The van der Waals surface area contributed by atoms with Gasteiger partial charge in [0.05, 0.1) is 0 Å². The Balaban J connectivity index is 2.48. The van der Waals surface area contributed by atoms with E-state index in [9.17, 15) is 4.79 Å². The Morgan fingerprint density at radius 1 is 1.89 bits per heavy atom. The summed E-state index contributed by atoms with van der Waals surface area (Å²) in [6.07, 6.45) is -0.103. The van der Waals surface area contributed by atoms with Gasteiger partial charge in [-0.1, -0.05) is 6.82 Å². The molecule has 0 aromatic heterocycles. The zero-order valence-corrected chi connectivity index (χ0v) is 5.29. The molecule has 1 radical (unpaired) electrons. The average Bonchev–Trinajstić information content (AvgIpc) is 2.10. The first-order valence-corrected chi connectivity index (χ1v) is 3.02. The molecule has 2 N–H and O–H groups in total. The Hall–Kier alpha value is -0.505. The lowest BCUT2D eigenvalue weighted by Gasteiger charge is -1.96. The molecule has 1 heterocycles. The molecule has 2 atom stereocenters. The summed E-state index contributed by atoms with van der Waals surface area (Å²) in [6.45, 7) is 1.82. The molecule has 3 nitrogen and oxygen atoms in total. The van der Waals surface area contributed by atoms with Gasteiger partial charge in [0.2, 0.25) is 5.91 Å². The van der Waals surface area contributed by atoms with Crippen molar-refractivity contribution in [1.82, 2.24) is 5.32 Å². The van der Waals surface area contributed by atoms with Gasteiger partial charge in [-0.2, -0.15) is 0 Å². The molecule has 0 aliphatic carbocycles. The lowest BCUT2D eigenvalue weighted by atomic mass is 9.66. The Labute approximate surface area is 54.7 Å². The van der Waals surface area contributed by atoms with Crippen LogP contribution in [0.2, 0.25) is 12.6 Å². The molecule has 1 amide bonds. The fraction of sp³-hybridized carbons (Fsp3) is 0.800. The lowest BCUT2D eigenvalue weighted by Crippen LogP contribution is -2.25. The molecule has 1 aliphatic rings. The van der Waals surface area contributed by atoms with E-state index in [1.54, 1.807) is 7.28 Å². The van der Waals surface area contributed by atoms with Crippen molar-refractivity contribution >= 4 is 13.2 Å². The maximum atomic E-state index is 10.7. The first-order chi connectivity index (χ1) is 4.24. The molecule has 4 heteroatoms. The van der Waals surface area contributed by atoms with E-state index in [1.165, 1.54) is 0 Å². The SMILES string of the molecule is C[B]C1CC(O)NC1=O. The molecule has 1 aliphatic heterocycles. The highest BCUT2D eigenvalue weighted by Gasteiger charge is 2.28. The summed E-state index contributed by atoms with van der Waals surface area (Å²) in [6, 6.07) is 0. The van der Waals surface area contributed by atoms with Crippen LogP contribution in [0, 0.1) is 0 Å². The van der Waals surface area contributed by atoms with Crippen molar-refractivity contribution in [3.05, 3.63) is 0 Å². The predicted octanol–water partition coefficient (Wildman–Crippen LogP) is -0.635. The highest BCUT2D eigenvalue weighted by molar-refractivity contribution is 6.42. The molecule has 0 aromatic carbocycles. The summed E-state index contributed by atoms with van der Waals surface area (Å²) in [7, 11) is 1.80. The third-order valence-corrected chi connectivity index (χ3v) is 1.53. The van der Waals surface area contributed by atoms with E-state index >= 15 is 0 Å². The van der Waals surface area contributed by atoms with Crippen LogP contribution in [0.5, 0.6) is 0 Å². The first kappa shape index (κ1) is 6.61. The number of aliphatic hydroxyl groups is 1. The number of nitrogens with one attached hydrogen (secondary N) is 1. The zero-order valence-electron chi connectivity index (χ0n) is 5.29. The molecule has 9 heavy (non-hydrogen) atoms. The summed E-state index contributed by atoms with van der Waals surface area (Å²) < 4.78 is 0. The van der Waals surface area contributed by atoms with Crippen molar-refractivity contribution in [1.29, 1.82) is 0 Å². The molecule has 1 saturated heterocycles. The second-order valence-electron chi connectivity index (χ2n) is 2.20. The number of carbonyl (C=O) groups is 1. The molecule has 0 bridgehead atoms. The average molecular weight is 126 g/mol. The summed E-state index contributed by atoms with van der Waals surface area (Å²) in [5, 5.41) is 11.3. The standard InChI is InChI=1S/C5H9BNO2/c1-6-3-2-4(8)7-5(3)9/h3-4,8H,2H2,1H3,(H,7,9). The van der Waals surface area contributed by atoms with E-state index in [2.05, 4.69) is 5.32 Å². The maximum absolute atomic E-state index is 10.7. The van der Waals surface area contributed by atoms with Gasteiger partial charge in [-0.15, -0.1) is 0 Å². The molecule has 0 saturated carbocycles. The van der Waals surface area contributed by atoms with Crippen LogP contribution in [0.4, 0.5) is 0 Å². The van der Waals surface area contributed by atoms with E-state index < -0.39 is 6.23 Å². The molecule has 2 unspecified atom stereocenters. The number of aliphatic hydroxyl groups excluding tert-OH is 1. The second-order valence-corrected chi connectivity index (χ2v) is 2.20. The van der Waals surface area contributed by atoms with Crippen LogP contribution in [-0.2, 0) is 4.79 Å². The quantitative estimate of drug-likeness (QED) is 0.459. The van der Waals surface area contributed by atoms with Crippen molar-refractivity contribution in [3.8, 4) is 0 Å². The summed E-state index contributed by atoms with van der Waals surface area (Å²) in [5.41, 5.74) is 0. The van der Waals surface area contributed by atoms with E-state index in [0.29, 0.717) is 6.42 Å². The second kappa shape index (κ2) is 2.39. The number of carbonyl (C=O) groups excluding carboxylic acids is 1. The normalized spacial score (nSPS) is 34.2. The molecule has 1 fully saturated rings. The molecule has 0 spiro atoms. The van der Waals surface area contributed by atoms with Gasteiger partial charge >= 0.3 is 0 Å². The highest BCUT2D eigenvalue weighted by Crippen LogP contribution is 2.17. The predicted molar refractivity (Wildman–Crippen MR) is 34.1 cm³/mol. The summed E-state index contributed by atoms with van der Waals surface area (Å²) in [4.78, 5) is 10.7. The molecule has 49 valence electrons. The van der Waals surface area contributed by atoms with Crippen LogP contribution in [-0.4, -0.2) is 24.5 Å². The van der Waals surface area contributed by atoms with Crippen molar-refractivity contribution < 1.29 is 9.90 Å². The van der Waals surface area contributed by atoms with Crippen LogP contribution in [0.15, 0.2) is 0 Å². The maximum Gasteiger partial charge on any atom is 0.217 e. The fourth-order valence-corrected chi connectivity index (χ4v) is 0.965. The molecule has 1 rings (SSSR count). The smallest absolute Gasteiger partial charge is 0.217 e. The van der Waals surface area contributed by atoms with Crippen LogP contribution in [0.25, 0.3) is 0 Å². The van der Waals surface area contributed by atoms with E-state index in [1.807, 2.05) is 6.82 Å². The third-order valence-electron chi connectivity index (χ3n) is 1.53. The Kier molecular flexibility index (Phi) is 1.76. The Bertz CT molecular complexity index is 128. The van der Waals surface area contributed by atoms with Gasteiger partial charge < -0.3 is 10.4 Å². The van der Waals surface area contributed by atoms with Crippen molar-refractivity contribution in [2.45, 2.75) is 25.3 Å². The van der Waals surface area contributed by atoms with E-state index in [-0.39, 0.29) is 11.7 Å². The van der Waals surface area contributed by atoms with Crippen LogP contribution in [0.1, 0.15) is 6.42 Å². The van der Waals surface area contributed by atoms with Crippen molar-refractivity contribution in [3.63, 3.8) is 0 Å². The van der Waals surface area contributed by atoms with Gasteiger partial charge in [0, 0.05) is 5.82 Å². The van der Waals surface area contributed by atoms with E-state index in [0.717, 1.165) is 0 Å². The minimum atomic E-state index is -0.626. The minimum absolute atomic E-state index is 0.0648. The summed E-state index contributed by atoms with van der Waals surface area (Å²) >= 11 is 0. The first-order valence-electron chi connectivity index (χ1n) is 3.02. The fourth-order valence-electron chi connectivity index (χ4n) is 0.965. The summed E-state index contributed by atoms with van der Waals surface area (Å²) in [5.74, 6) is -0.148. The molecular weight excluding hydrogens is 117 g/mol. The molecule has 0 aromatic rings. The van der Waals surface area contributed by atoms with Gasteiger partial charge in [0.1, 0.15) is 13.5 Å². The largest absolute Gasteiger partial charge is 0.374 e. The van der Waals surface area contributed by atoms with Crippen molar-refractivity contribution in [2.24, 2.45) is 0 Å². The third kappa shape index (κ3) is 1.24. The Morgan fingerprint density at radius 2 is 2.56 bits per heavy atom. The number of rotatable bonds is 1. The van der Waals surface area contributed by atoms with Gasteiger partial charge in [-0.3, -0.25) is 4.79 Å². The zero-order chi connectivity index (χ0) is 6.85. The van der Waals surface area contributed by atoms with Crippen LogP contribution >= 0.6 is 0 Å². The van der Waals surface area contributed by atoms with Gasteiger partial charge in [0.25, 0.3) is 0 Å². The molecular formula is C5H9BNO2. The monoisotopic (exact) mass is 126 g/mol. The highest BCUT2D eigenvalue weighted by atomic mass is 16.3. The van der Waals surface area contributed by atoms with Crippen molar-refractivity contribution in [2.75, 3.05) is 0 Å². The van der Waals surface area contributed by atoms with Crippen LogP contribution < -0.4 is 5.32 Å². The number of hydrogen-bond donors (Lipinski definition) is 2. The van der Waals surface area contributed by atoms with Crippen LogP contribution in [0.3, 0.4) is 0 Å². The minimum Gasteiger partial charge on any atom is -0.374 e. The van der Waals surface area contributed by atoms with Gasteiger partial charge in [-0.25, -0.2) is 0 Å². The number of hydrogen-bond acceptors (Lipinski definition) is 2. The van der Waals surface area contributed by atoms with Gasteiger partial charge in [0.15, 0.2) is 0 Å².